The lowest BCUT2D eigenvalue weighted by molar-refractivity contribution is -0.119. The van der Waals surface area contributed by atoms with Crippen LogP contribution in [0.25, 0.3) is 0 Å². The number of carbonyl (C=O) groups excluding carboxylic acids is 1. The van der Waals surface area contributed by atoms with Crippen molar-refractivity contribution in [3.05, 3.63) is 22.7 Å². The summed E-state index contributed by atoms with van der Waals surface area (Å²) in [7, 11) is 1.53. The van der Waals surface area contributed by atoms with Crippen molar-refractivity contribution in [3.8, 4) is 11.5 Å². The maximum absolute atomic E-state index is 10.8. The minimum absolute atomic E-state index is 0.237. The molecule has 1 aliphatic heterocycles. The van der Waals surface area contributed by atoms with Crippen LogP contribution in [-0.2, 0) is 11.3 Å². The van der Waals surface area contributed by atoms with Gasteiger partial charge in [0.1, 0.15) is 0 Å². The lowest BCUT2D eigenvalue weighted by Gasteiger charge is -2.30. The third kappa shape index (κ3) is 4.50. The average Bonchev–Trinajstić information content (AvgIpc) is 2.47. The number of benzene rings is 1. The molecule has 0 saturated carbocycles. The van der Waals surface area contributed by atoms with Gasteiger partial charge >= 0.3 is 0 Å². The minimum atomic E-state index is -0.563. The summed E-state index contributed by atoms with van der Waals surface area (Å²) in [5.74, 6) is 0.275. The Morgan fingerprint density at radius 3 is 2.68 bits per heavy atom. The Kier molecular flexibility index (Phi) is 5.88. The normalized spacial score (nSPS) is 16.5. The van der Waals surface area contributed by atoms with Crippen molar-refractivity contribution in [1.29, 1.82) is 0 Å². The number of likely N-dealkylation sites (tertiary alicyclic amines) is 1. The zero-order chi connectivity index (χ0) is 16.1. The number of nitrogens with zero attached hydrogens (tertiary/aromatic N) is 1. The van der Waals surface area contributed by atoms with Crippen molar-refractivity contribution in [2.45, 2.75) is 25.4 Å². The van der Waals surface area contributed by atoms with Crippen LogP contribution in [0.1, 0.15) is 18.4 Å². The van der Waals surface area contributed by atoms with Crippen LogP contribution in [0, 0.1) is 0 Å². The first-order valence-electron chi connectivity index (χ1n) is 7.25. The summed E-state index contributed by atoms with van der Waals surface area (Å²) < 4.78 is 10.6. The molecule has 7 heteroatoms. The summed E-state index contributed by atoms with van der Waals surface area (Å²) in [4.78, 5) is 13.2. The van der Waals surface area contributed by atoms with E-state index in [4.69, 9.17) is 32.5 Å². The summed E-state index contributed by atoms with van der Waals surface area (Å²) in [5.41, 5.74) is 12.0. The van der Waals surface area contributed by atoms with Crippen molar-refractivity contribution in [2.24, 2.45) is 11.5 Å². The Morgan fingerprint density at radius 1 is 1.41 bits per heavy atom. The standard InChI is InChI=1S/C15H22ClN3O3/c1-21-13-7-10(8-19-4-2-11(17)3-5-19)6-12(16)15(13)22-9-14(18)20/h6-7,11H,2-5,8-9,17H2,1H3,(H2,18,20). The van der Waals surface area contributed by atoms with Crippen LogP contribution in [0.5, 0.6) is 11.5 Å². The van der Waals surface area contributed by atoms with Crippen LogP contribution < -0.4 is 20.9 Å². The van der Waals surface area contributed by atoms with Gasteiger partial charge in [-0.05, 0) is 43.6 Å². The predicted octanol–water partition coefficient (Wildman–Crippen LogP) is 1.14. The zero-order valence-electron chi connectivity index (χ0n) is 12.7. The number of carbonyl (C=O) groups is 1. The second-order valence-corrected chi connectivity index (χ2v) is 5.88. The Labute approximate surface area is 135 Å². The fourth-order valence-corrected chi connectivity index (χ4v) is 2.80. The second kappa shape index (κ2) is 7.67. The predicted molar refractivity (Wildman–Crippen MR) is 85.2 cm³/mol. The van der Waals surface area contributed by atoms with Gasteiger partial charge in [0.25, 0.3) is 5.91 Å². The van der Waals surface area contributed by atoms with Crippen molar-refractivity contribution in [2.75, 3.05) is 26.8 Å². The van der Waals surface area contributed by atoms with E-state index in [-0.39, 0.29) is 6.61 Å². The highest BCUT2D eigenvalue weighted by molar-refractivity contribution is 6.32. The molecule has 1 heterocycles. The lowest BCUT2D eigenvalue weighted by atomic mass is 10.1. The smallest absolute Gasteiger partial charge is 0.255 e. The molecule has 22 heavy (non-hydrogen) atoms. The topological polar surface area (TPSA) is 90.8 Å². The van der Waals surface area contributed by atoms with Gasteiger partial charge in [-0.3, -0.25) is 9.69 Å². The fourth-order valence-electron chi connectivity index (χ4n) is 2.52. The fraction of sp³-hybridized carbons (Fsp3) is 0.533. The molecule has 0 aliphatic carbocycles. The molecule has 1 fully saturated rings. The number of halogens is 1. The molecule has 1 aromatic rings. The Balaban J connectivity index is 2.09. The van der Waals surface area contributed by atoms with Crippen LogP contribution in [0.15, 0.2) is 12.1 Å². The van der Waals surface area contributed by atoms with Gasteiger partial charge in [0.15, 0.2) is 18.1 Å². The van der Waals surface area contributed by atoms with Crippen LogP contribution in [0.3, 0.4) is 0 Å². The van der Waals surface area contributed by atoms with Crippen molar-refractivity contribution >= 4 is 17.5 Å². The number of hydrogen-bond acceptors (Lipinski definition) is 5. The van der Waals surface area contributed by atoms with E-state index in [2.05, 4.69) is 4.90 Å². The van der Waals surface area contributed by atoms with Gasteiger partial charge in [-0.2, -0.15) is 0 Å². The summed E-state index contributed by atoms with van der Waals surface area (Å²) >= 11 is 6.24. The van der Waals surface area contributed by atoms with Crippen LogP contribution in [-0.4, -0.2) is 43.7 Å². The summed E-state index contributed by atoms with van der Waals surface area (Å²) in [5, 5.41) is 0.407. The van der Waals surface area contributed by atoms with Gasteiger partial charge in [-0.1, -0.05) is 11.6 Å². The van der Waals surface area contributed by atoms with E-state index in [1.165, 1.54) is 7.11 Å². The summed E-state index contributed by atoms with van der Waals surface area (Å²) in [6, 6.07) is 4.00. The molecule has 0 aromatic heterocycles. The Bertz CT molecular complexity index is 531. The first-order chi connectivity index (χ1) is 10.5. The van der Waals surface area contributed by atoms with E-state index >= 15 is 0 Å². The maximum atomic E-state index is 10.8. The molecular weight excluding hydrogens is 306 g/mol. The third-order valence-corrected chi connectivity index (χ3v) is 3.97. The molecule has 0 unspecified atom stereocenters. The molecule has 0 bridgehead atoms. The molecule has 1 aromatic carbocycles. The van der Waals surface area contributed by atoms with E-state index in [0.717, 1.165) is 38.0 Å². The largest absolute Gasteiger partial charge is 0.493 e. The Morgan fingerprint density at radius 2 is 2.09 bits per heavy atom. The van der Waals surface area contributed by atoms with Crippen LogP contribution in [0.2, 0.25) is 5.02 Å². The number of amides is 1. The number of primary amides is 1. The van der Waals surface area contributed by atoms with Gasteiger partial charge in [0, 0.05) is 12.6 Å². The van der Waals surface area contributed by atoms with Gasteiger partial charge in [0.2, 0.25) is 0 Å². The molecular formula is C15H22ClN3O3. The van der Waals surface area contributed by atoms with E-state index in [9.17, 15) is 4.79 Å². The molecule has 0 atom stereocenters. The number of rotatable bonds is 6. The van der Waals surface area contributed by atoms with Crippen molar-refractivity contribution in [3.63, 3.8) is 0 Å². The zero-order valence-corrected chi connectivity index (χ0v) is 13.4. The number of methoxy groups -OCH3 is 1. The van der Waals surface area contributed by atoms with Crippen LogP contribution >= 0.6 is 11.6 Å². The van der Waals surface area contributed by atoms with E-state index < -0.39 is 5.91 Å². The SMILES string of the molecule is COc1cc(CN2CCC(N)CC2)cc(Cl)c1OCC(N)=O. The molecule has 122 valence electrons. The molecule has 4 N–H and O–H groups in total. The van der Waals surface area contributed by atoms with Crippen molar-refractivity contribution in [1.82, 2.24) is 4.90 Å². The molecule has 1 aliphatic rings. The highest BCUT2D eigenvalue weighted by atomic mass is 35.5. The van der Waals surface area contributed by atoms with Gasteiger partial charge in [-0.15, -0.1) is 0 Å². The highest BCUT2D eigenvalue weighted by Gasteiger charge is 2.18. The third-order valence-electron chi connectivity index (χ3n) is 3.69. The number of ether oxygens (including phenoxy) is 2. The summed E-state index contributed by atoms with van der Waals surface area (Å²) in [6.07, 6.45) is 2.01. The molecule has 0 spiro atoms. The molecule has 1 saturated heterocycles. The molecule has 0 radical (unpaired) electrons. The minimum Gasteiger partial charge on any atom is -0.493 e. The average molecular weight is 328 g/mol. The van der Waals surface area contributed by atoms with E-state index in [0.29, 0.717) is 22.6 Å². The second-order valence-electron chi connectivity index (χ2n) is 5.48. The molecule has 1 amide bonds. The van der Waals surface area contributed by atoms with E-state index in [1.807, 2.05) is 12.1 Å². The lowest BCUT2D eigenvalue weighted by Crippen LogP contribution is -2.39. The first kappa shape index (κ1) is 16.9. The maximum Gasteiger partial charge on any atom is 0.255 e. The first-order valence-corrected chi connectivity index (χ1v) is 7.63. The number of hydrogen-bond donors (Lipinski definition) is 2. The molecule has 2 rings (SSSR count). The molecule has 6 nitrogen and oxygen atoms in total. The number of nitrogens with two attached hydrogens (primary N) is 2. The quantitative estimate of drug-likeness (QED) is 0.817. The van der Waals surface area contributed by atoms with Crippen LogP contribution in [0.4, 0.5) is 0 Å². The van der Waals surface area contributed by atoms with E-state index in [1.54, 1.807) is 0 Å². The van der Waals surface area contributed by atoms with Gasteiger partial charge < -0.3 is 20.9 Å². The van der Waals surface area contributed by atoms with Gasteiger partial charge in [-0.25, -0.2) is 0 Å². The Hall–Kier alpha value is -1.50. The van der Waals surface area contributed by atoms with Crippen molar-refractivity contribution < 1.29 is 14.3 Å². The van der Waals surface area contributed by atoms with Gasteiger partial charge in [0.05, 0.1) is 12.1 Å². The summed E-state index contributed by atoms with van der Waals surface area (Å²) in [6.45, 7) is 2.49. The highest BCUT2D eigenvalue weighted by Crippen LogP contribution is 2.36. The monoisotopic (exact) mass is 327 g/mol. The number of piperidine rings is 1.